The first-order chi connectivity index (χ1) is 18.4. The number of carbonyl (C=O) groups excluding carboxylic acids is 2. The Morgan fingerprint density at radius 3 is 2.32 bits per heavy atom. The Balaban J connectivity index is 0.000000956. The Bertz CT molecular complexity index is 1530. The van der Waals surface area contributed by atoms with Crippen molar-refractivity contribution >= 4 is 49.9 Å². The molecular formula is C30H32N4O4. The summed E-state index contributed by atoms with van der Waals surface area (Å²) in [6.07, 6.45) is 1.84. The maximum Gasteiger partial charge on any atom is 0.274 e. The summed E-state index contributed by atoms with van der Waals surface area (Å²) in [5.41, 5.74) is 1.89. The van der Waals surface area contributed by atoms with Gasteiger partial charge in [-0.25, -0.2) is 0 Å². The summed E-state index contributed by atoms with van der Waals surface area (Å²) in [6.45, 7) is 7.98. The monoisotopic (exact) mass is 512 g/mol. The molecule has 0 saturated heterocycles. The van der Waals surface area contributed by atoms with Crippen molar-refractivity contribution in [1.82, 2.24) is 15.6 Å². The van der Waals surface area contributed by atoms with Crippen LogP contribution >= 0.6 is 0 Å². The molecule has 0 radical (unpaired) electrons. The Hall–Kier alpha value is -4.59. The maximum atomic E-state index is 13.0. The van der Waals surface area contributed by atoms with Crippen LogP contribution in [-0.4, -0.2) is 28.8 Å². The van der Waals surface area contributed by atoms with Crippen LogP contribution in [-0.2, 0) is 17.8 Å². The van der Waals surface area contributed by atoms with Crippen molar-refractivity contribution in [3.63, 3.8) is 0 Å². The number of aromatic nitrogens is 1. The Morgan fingerprint density at radius 2 is 1.61 bits per heavy atom. The van der Waals surface area contributed by atoms with E-state index in [1.165, 1.54) is 13.1 Å². The van der Waals surface area contributed by atoms with Crippen molar-refractivity contribution in [3.8, 4) is 0 Å². The first kappa shape index (κ1) is 28.0. The summed E-state index contributed by atoms with van der Waals surface area (Å²) in [5.74, 6) is -0.589. The van der Waals surface area contributed by atoms with Crippen LogP contribution in [0.4, 0.5) is 5.69 Å². The normalized spacial score (nSPS) is 10.3. The molecule has 0 aliphatic carbocycles. The van der Waals surface area contributed by atoms with Gasteiger partial charge in [-0.3, -0.25) is 24.7 Å². The summed E-state index contributed by atoms with van der Waals surface area (Å²) in [6, 6.07) is 18.2. The first-order valence-corrected chi connectivity index (χ1v) is 12.7. The molecule has 0 aliphatic heterocycles. The molecule has 38 heavy (non-hydrogen) atoms. The second-order valence-corrected chi connectivity index (χ2v) is 8.12. The number of nitrogens with zero attached hydrogens (tertiary/aromatic N) is 2. The van der Waals surface area contributed by atoms with Crippen molar-refractivity contribution in [3.05, 3.63) is 93.7 Å². The SMILES string of the molecule is CC.CC.CNC(=O)Cc1ccc(CNC(=O)c2cc3ccc4cccc5cnc(c2)c3c45)c([N+](=O)[O-])c1. The number of benzene rings is 4. The third-order valence-electron chi connectivity index (χ3n) is 6.00. The van der Waals surface area contributed by atoms with Gasteiger partial charge in [0.15, 0.2) is 0 Å². The smallest absolute Gasteiger partial charge is 0.274 e. The highest BCUT2D eigenvalue weighted by Gasteiger charge is 2.18. The van der Waals surface area contributed by atoms with Gasteiger partial charge in [-0.2, -0.15) is 0 Å². The van der Waals surface area contributed by atoms with Crippen LogP contribution in [0, 0.1) is 10.1 Å². The molecule has 0 unspecified atom stereocenters. The molecular weight excluding hydrogens is 480 g/mol. The summed E-state index contributed by atoms with van der Waals surface area (Å²) >= 11 is 0. The number of pyridine rings is 1. The van der Waals surface area contributed by atoms with Gasteiger partial charge in [0.25, 0.3) is 11.6 Å². The number of nitrogens with one attached hydrogen (secondary N) is 2. The minimum atomic E-state index is -0.508. The lowest BCUT2D eigenvalue weighted by atomic mass is 9.96. The summed E-state index contributed by atoms with van der Waals surface area (Å²) < 4.78 is 0. The molecule has 8 nitrogen and oxygen atoms in total. The summed E-state index contributed by atoms with van der Waals surface area (Å²) in [5, 5.41) is 22.0. The summed E-state index contributed by atoms with van der Waals surface area (Å²) in [7, 11) is 1.51. The molecule has 5 rings (SSSR count). The molecule has 4 aromatic carbocycles. The second kappa shape index (κ2) is 12.6. The van der Waals surface area contributed by atoms with E-state index in [0.29, 0.717) is 16.7 Å². The Labute approximate surface area is 221 Å². The molecule has 1 aromatic heterocycles. The molecule has 0 fully saturated rings. The van der Waals surface area contributed by atoms with Gasteiger partial charge >= 0.3 is 0 Å². The fourth-order valence-corrected chi connectivity index (χ4v) is 4.32. The van der Waals surface area contributed by atoms with Gasteiger partial charge in [-0.05, 0) is 28.5 Å². The number of nitro benzene ring substituents is 1. The molecule has 1 heterocycles. The average molecular weight is 513 g/mol. The van der Waals surface area contributed by atoms with Crippen LogP contribution in [0.1, 0.15) is 49.2 Å². The van der Waals surface area contributed by atoms with E-state index >= 15 is 0 Å². The van der Waals surface area contributed by atoms with Crippen molar-refractivity contribution < 1.29 is 14.5 Å². The standard InChI is InChI=1S/C26H20N4O4.2C2H6/c1-27-23(31)10-15-5-6-18(22(9-15)30(33)34)13-29-26(32)20-11-17-8-7-16-3-2-4-19-14-28-21(12-20)25(17)24(16)19;2*1-2/h2-9,11-12,14H,10,13H2,1H3,(H,27,31)(H,29,32);2*1-2H3. The molecule has 0 bridgehead atoms. The fourth-order valence-electron chi connectivity index (χ4n) is 4.32. The molecule has 2 N–H and O–H groups in total. The zero-order chi connectivity index (χ0) is 27.8. The van der Waals surface area contributed by atoms with E-state index in [4.69, 9.17) is 0 Å². The van der Waals surface area contributed by atoms with E-state index < -0.39 is 4.92 Å². The Morgan fingerprint density at radius 1 is 0.895 bits per heavy atom. The lowest BCUT2D eigenvalue weighted by molar-refractivity contribution is -0.385. The highest BCUT2D eigenvalue weighted by Crippen LogP contribution is 2.33. The molecule has 5 aromatic rings. The summed E-state index contributed by atoms with van der Waals surface area (Å²) in [4.78, 5) is 40.2. The number of carbonyl (C=O) groups is 2. The van der Waals surface area contributed by atoms with Crippen LogP contribution in [0.5, 0.6) is 0 Å². The van der Waals surface area contributed by atoms with Gasteiger partial charge in [-0.1, -0.05) is 70.2 Å². The van der Waals surface area contributed by atoms with Crippen LogP contribution in [0.2, 0.25) is 0 Å². The van der Waals surface area contributed by atoms with Gasteiger partial charge in [0, 0.05) is 53.1 Å². The first-order valence-electron chi connectivity index (χ1n) is 12.7. The van der Waals surface area contributed by atoms with Crippen LogP contribution in [0.3, 0.4) is 0 Å². The number of nitro groups is 1. The highest BCUT2D eigenvalue weighted by atomic mass is 16.6. The topological polar surface area (TPSA) is 114 Å². The zero-order valence-corrected chi connectivity index (χ0v) is 22.3. The van der Waals surface area contributed by atoms with Gasteiger partial charge in [-0.15, -0.1) is 0 Å². The third-order valence-corrected chi connectivity index (χ3v) is 6.00. The minimum absolute atomic E-state index is 0.0199. The maximum absolute atomic E-state index is 13.0. The molecule has 0 aliphatic rings. The molecule has 0 atom stereocenters. The van der Waals surface area contributed by atoms with Gasteiger partial charge in [0.05, 0.1) is 16.9 Å². The van der Waals surface area contributed by atoms with E-state index in [1.807, 2.05) is 58.0 Å². The van der Waals surface area contributed by atoms with E-state index in [1.54, 1.807) is 24.4 Å². The van der Waals surface area contributed by atoms with Gasteiger partial charge < -0.3 is 10.6 Å². The molecule has 0 spiro atoms. The van der Waals surface area contributed by atoms with Crippen molar-refractivity contribution in [2.45, 2.75) is 40.7 Å². The average Bonchev–Trinajstić information content (AvgIpc) is 2.96. The molecule has 2 amide bonds. The second-order valence-electron chi connectivity index (χ2n) is 8.12. The molecule has 8 heteroatoms. The lowest BCUT2D eigenvalue weighted by Gasteiger charge is -2.12. The largest absolute Gasteiger partial charge is 0.359 e. The number of rotatable bonds is 6. The predicted molar refractivity (Wildman–Crippen MR) is 153 cm³/mol. The lowest BCUT2D eigenvalue weighted by Crippen LogP contribution is -2.23. The predicted octanol–water partition coefficient (Wildman–Crippen LogP) is 6.16. The van der Waals surface area contributed by atoms with E-state index in [-0.39, 0.29) is 30.5 Å². The number of likely N-dealkylation sites (N-methyl/N-ethyl adjacent to an activating group) is 1. The van der Waals surface area contributed by atoms with Crippen LogP contribution in [0.25, 0.3) is 32.4 Å². The van der Waals surface area contributed by atoms with E-state index in [2.05, 4.69) is 21.7 Å². The third kappa shape index (κ3) is 5.70. The van der Waals surface area contributed by atoms with Crippen molar-refractivity contribution in [2.24, 2.45) is 0 Å². The highest BCUT2D eigenvalue weighted by molar-refractivity contribution is 6.22. The van der Waals surface area contributed by atoms with Crippen molar-refractivity contribution in [2.75, 3.05) is 7.05 Å². The Kier molecular flexibility index (Phi) is 9.27. The number of amides is 2. The minimum Gasteiger partial charge on any atom is -0.359 e. The number of hydrogen-bond donors (Lipinski definition) is 2. The van der Waals surface area contributed by atoms with Gasteiger partial charge in [0.2, 0.25) is 5.91 Å². The molecule has 0 saturated carbocycles. The quantitative estimate of drug-likeness (QED) is 0.161. The van der Waals surface area contributed by atoms with Crippen molar-refractivity contribution in [1.29, 1.82) is 0 Å². The van der Waals surface area contributed by atoms with Crippen LogP contribution in [0.15, 0.2) is 66.9 Å². The fraction of sp³-hybridized carbons (Fsp3) is 0.233. The van der Waals surface area contributed by atoms with Crippen LogP contribution < -0.4 is 10.6 Å². The molecule has 196 valence electrons. The van der Waals surface area contributed by atoms with E-state index in [0.717, 1.165) is 32.4 Å². The zero-order valence-electron chi connectivity index (χ0n) is 22.3. The number of hydrogen-bond acceptors (Lipinski definition) is 5. The van der Waals surface area contributed by atoms with Gasteiger partial charge in [0.1, 0.15) is 0 Å². The van der Waals surface area contributed by atoms with E-state index in [9.17, 15) is 19.7 Å².